The molecule has 1 aromatic carbocycles. The van der Waals surface area contributed by atoms with E-state index in [1.807, 2.05) is 4.90 Å². The number of guanidine groups is 1. The second-order valence-corrected chi connectivity index (χ2v) is 8.38. The molecule has 2 unspecified atom stereocenters. The standard InChI is InChI=1S/C22H34F3N5O/c1-17-15-28(11-12-31-17)16-20-6-4-5-19(13-20)14-27-21(26-3)30-9-7-29(8-10-30)18(2)22(23,24)25/h4-6,13,17-18H,7-12,14-16H2,1-3H3,(H,26,27). The predicted octanol–water partition coefficient (Wildman–Crippen LogP) is 2.55. The lowest BCUT2D eigenvalue weighted by atomic mass is 10.1. The van der Waals surface area contributed by atoms with Gasteiger partial charge in [-0.3, -0.25) is 14.8 Å². The Morgan fingerprint density at radius 1 is 1.19 bits per heavy atom. The number of benzene rings is 1. The molecule has 3 rings (SSSR count). The average Bonchev–Trinajstić information content (AvgIpc) is 2.74. The zero-order chi connectivity index (χ0) is 22.4. The van der Waals surface area contributed by atoms with Crippen LogP contribution in [0.4, 0.5) is 13.2 Å². The summed E-state index contributed by atoms with van der Waals surface area (Å²) in [4.78, 5) is 10.3. The summed E-state index contributed by atoms with van der Waals surface area (Å²) in [7, 11) is 1.71. The summed E-state index contributed by atoms with van der Waals surface area (Å²) in [5, 5.41) is 3.37. The van der Waals surface area contributed by atoms with E-state index < -0.39 is 12.2 Å². The summed E-state index contributed by atoms with van der Waals surface area (Å²) in [5.41, 5.74) is 2.42. The molecule has 174 valence electrons. The maximum Gasteiger partial charge on any atom is 0.403 e. The summed E-state index contributed by atoms with van der Waals surface area (Å²) >= 11 is 0. The third kappa shape index (κ3) is 6.82. The van der Waals surface area contributed by atoms with Crippen LogP contribution in [-0.4, -0.2) is 91.9 Å². The minimum Gasteiger partial charge on any atom is -0.376 e. The maximum atomic E-state index is 13.0. The number of hydrogen-bond donors (Lipinski definition) is 1. The Morgan fingerprint density at radius 2 is 1.90 bits per heavy atom. The van der Waals surface area contributed by atoms with Crippen molar-refractivity contribution in [3.8, 4) is 0 Å². The smallest absolute Gasteiger partial charge is 0.376 e. The lowest BCUT2D eigenvalue weighted by Crippen LogP contribution is -2.56. The van der Waals surface area contributed by atoms with Gasteiger partial charge in [0.15, 0.2) is 5.96 Å². The number of morpholine rings is 1. The third-order valence-corrected chi connectivity index (χ3v) is 6.02. The molecule has 2 heterocycles. The summed E-state index contributed by atoms with van der Waals surface area (Å²) in [6.07, 6.45) is -3.92. The summed E-state index contributed by atoms with van der Waals surface area (Å²) in [6.45, 7) is 9.29. The molecule has 31 heavy (non-hydrogen) atoms. The lowest BCUT2D eigenvalue weighted by Gasteiger charge is -2.39. The van der Waals surface area contributed by atoms with Gasteiger partial charge >= 0.3 is 6.18 Å². The monoisotopic (exact) mass is 441 g/mol. The van der Waals surface area contributed by atoms with Crippen LogP contribution in [0.2, 0.25) is 0 Å². The van der Waals surface area contributed by atoms with Gasteiger partial charge in [-0.05, 0) is 25.0 Å². The molecule has 2 aliphatic rings. The fourth-order valence-corrected chi connectivity index (χ4v) is 4.17. The largest absolute Gasteiger partial charge is 0.403 e. The van der Waals surface area contributed by atoms with Gasteiger partial charge in [0.05, 0.1) is 12.7 Å². The van der Waals surface area contributed by atoms with Crippen molar-refractivity contribution in [2.45, 2.75) is 45.3 Å². The molecule has 1 aromatic rings. The van der Waals surface area contributed by atoms with Crippen molar-refractivity contribution in [2.24, 2.45) is 4.99 Å². The van der Waals surface area contributed by atoms with Crippen LogP contribution in [0.5, 0.6) is 0 Å². The molecule has 0 aromatic heterocycles. The number of nitrogens with zero attached hydrogens (tertiary/aromatic N) is 4. The van der Waals surface area contributed by atoms with Crippen LogP contribution in [0.15, 0.2) is 29.3 Å². The molecular weight excluding hydrogens is 407 g/mol. The Bertz CT molecular complexity index is 734. The molecule has 1 N–H and O–H groups in total. The lowest BCUT2D eigenvalue weighted by molar-refractivity contribution is -0.181. The summed E-state index contributed by atoms with van der Waals surface area (Å²) < 4.78 is 44.5. The van der Waals surface area contributed by atoms with Gasteiger partial charge in [0, 0.05) is 59.4 Å². The summed E-state index contributed by atoms with van der Waals surface area (Å²) in [5.74, 6) is 0.728. The molecule has 6 nitrogen and oxygen atoms in total. The SMILES string of the molecule is CN=C(NCc1cccc(CN2CCOC(C)C2)c1)N1CCN(C(C)C(F)(F)F)CC1. The van der Waals surface area contributed by atoms with Gasteiger partial charge in [-0.2, -0.15) is 13.2 Å². The second-order valence-electron chi connectivity index (χ2n) is 8.38. The van der Waals surface area contributed by atoms with E-state index in [4.69, 9.17) is 4.74 Å². The summed E-state index contributed by atoms with van der Waals surface area (Å²) in [6, 6.07) is 7.06. The van der Waals surface area contributed by atoms with Gasteiger partial charge in [-0.25, -0.2) is 0 Å². The first-order chi connectivity index (χ1) is 14.8. The van der Waals surface area contributed by atoms with Crippen LogP contribution < -0.4 is 5.32 Å². The van der Waals surface area contributed by atoms with Gasteiger partial charge in [0.2, 0.25) is 0 Å². The fraction of sp³-hybridized carbons (Fsp3) is 0.682. The van der Waals surface area contributed by atoms with Crippen molar-refractivity contribution in [2.75, 3.05) is 52.9 Å². The third-order valence-electron chi connectivity index (χ3n) is 6.02. The zero-order valence-electron chi connectivity index (χ0n) is 18.7. The number of alkyl halides is 3. The first kappa shape index (κ1) is 23.8. The number of hydrogen-bond acceptors (Lipinski definition) is 4. The van der Waals surface area contributed by atoms with Gasteiger partial charge in [-0.15, -0.1) is 0 Å². The quantitative estimate of drug-likeness (QED) is 0.562. The Kier molecular flexibility index (Phi) is 8.18. The Morgan fingerprint density at radius 3 is 2.55 bits per heavy atom. The minimum atomic E-state index is -4.19. The van der Waals surface area contributed by atoms with Crippen LogP contribution in [-0.2, 0) is 17.8 Å². The van der Waals surface area contributed by atoms with Crippen LogP contribution in [0.3, 0.4) is 0 Å². The highest BCUT2D eigenvalue weighted by Crippen LogP contribution is 2.25. The second kappa shape index (κ2) is 10.7. The number of rotatable bonds is 5. The number of piperazine rings is 1. The Labute approximate surface area is 183 Å². The van der Waals surface area contributed by atoms with Crippen molar-refractivity contribution in [1.82, 2.24) is 20.0 Å². The first-order valence-corrected chi connectivity index (χ1v) is 10.9. The molecule has 0 bridgehead atoms. The van der Waals surface area contributed by atoms with Crippen LogP contribution in [0, 0.1) is 0 Å². The van der Waals surface area contributed by atoms with Crippen LogP contribution in [0.25, 0.3) is 0 Å². The minimum absolute atomic E-state index is 0.265. The number of ether oxygens (including phenoxy) is 1. The molecule has 0 aliphatic carbocycles. The Hall–Kier alpha value is -1.84. The van der Waals surface area contributed by atoms with Gasteiger partial charge < -0.3 is 15.0 Å². The molecule has 0 spiro atoms. The fourth-order valence-electron chi connectivity index (χ4n) is 4.17. The Balaban J connectivity index is 1.50. The van der Waals surface area contributed by atoms with Crippen LogP contribution >= 0.6 is 0 Å². The molecular formula is C22H34F3N5O. The average molecular weight is 442 g/mol. The van der Waals surface area contributed by atoms with E-state index in [0.717, 1.165) is 37.8 Å². The zero-order valence-corrected chi connectivity index (χ0v) is 18.7. The number of aliphatic imine (C=N–C) groups is 1. The van der Waals surface area contributed by atoms with Crippen LogP contribution in [0.1, 0.15) is 25.0 Å². The van der Waals surface area contributed by atoms with Crippen molar-refractivity contribution >= 4 is 5.96 Å². The predicted molar refractivity (Wildman–Crippen MR) is 116 cm³/mol. The first-order valence-electron chi connectivity index (χ1n) is 10.9. The van der Waals surface area contributed by atoms with Gasteiger partial charge in [0.25, 0.3) is 0 Å². The van der Waals surface area contributed by atoms with Gasteiger partial charge in [0.1, 0.15) is 6.04 Å². The van der Waals surface area contributed by atoms with Crippen molar-refractivity contribution in [3.05, 3.63) is 35.4 Å². The molecule has 9 heteroatoms. The topological polar surface area (TPSA) is 43.3 Å². The highest BCUT2D eigenvalue weighted by atomic mass is 19.4. The molecule has 0 saturated carbocycles. The van der Waals surface area contributed by atoms with Crippen molar-refractivity contribution in [1.29, 1.82) is 0 Å². The highest BCUT2D eigenvalue weighted by Gasteiger charge is 2.41. The van der Waals surface area contributed by atoms with Crippen molar-refractivity contribution < 1.29 is 17.9 Å². The number of nitrogens with one attached hydrogen (secondary N) is 1. The van der Waals surface area contributed by atoms with E-state index in [-0.39, 0.29) is 6.10 Å². The molecule has 2 aliphatic heterocycles. The molecule has 2 fully saturated rings. The van der Waals surface area contributed by atoms with E-state index in [1.165, 1.54) is 17.4 Å². The van der Waals surface area contributed by atoms with E-state index in [0.29, 0.717) is 32.7 Å². The number of halogens is 3. The van der Waals surface area contributed by atoms with Crippen molar-refractivity contribution in [3.63, 3.8) is 0 Å². The highest BCUT2D eigenvalue weighted by molar-refractivity contribution is 5.80. The molecule has 2 saturated heterocycles. The normalized spacial score (nSPS) is 23.1. The van der Waals surface area contributed by atoms with E-state index in [2.05, 4.69) is 46.4 Å². The maximum absolute atomic E-state index is 13.0. The molecule has 0 radical (unpaired) electrons. The van der Waals surface area contributed by atoms with E-state index in [9.17, 15) is 13.2 Å². The van der Waals surface area contributed by atoms with Gasteiger partial charge in [-0.1, -0.05) is 24.3 Å². The molecule has 0 amide bonds. The molecule has 2 atom stereocenters. The van der Waals surface area contributed by atoms with E-state index in [1.54, 1.807) is 7.05 Å². The van der Waals surface area contributed by atoms with E-state index >= 15 is 0 Å².